The predicted molar refractivity (Wildman–Crippen MR) is 111 cm³/mol. The number of esters is 1. The zero-order chi connectivity index (χ0) is 18.9. The van der Waals surface area contributed by atoms with E-state index in [0.29, 0.717) is 0 Å². The smallest absolute Gasteiger partial charge is 0.303 e. The summed E-state index contributed by atoms with van der Waals surface area (Å²) in [4.78, 5) is 13.3. The van der Waals surface area contributed by atoms with Crippen LogP contribution in [0.1, 0.15) is 12.5 Å². The van der Waals surface area contributed by atoms with Gasteiger partial charge in [0.2, 0.25) is 0 Å². The first-order valence-electron chi connectivity index (χ1n) is 8.54. The lowest BCUT2D eigenvalue weighted by Gasteiger charge is -2.25. The highest BCUT2D eigenvalue weighted by Crippen LogP contribution is 2.59. The third-order valence-corrected chi connectivity index (χ3v) is 7.02. The Morgan fingerprint density at radius 1 is 1.00 bits per heavy atom. The molecule has 0 fully saturated rings. The SMILES string of the molecule is CC(=O)OC(C=Cc1ccc2ccccc2c1)C1(F)Sc2ccccc2S1. The number of carbonyl (C=O) groups excluding carboxylic acids is 1. The number of halogens is 1. The second kappa shape index (κ2) is 7.41. The van der Waals surface area contributed by atoms with Gasteiger partial charge in [0.1, 0.15) is 0 Å². The molecule has 2 nitrogen and oxygen atoms in total. The molecule has 0 aliphatic carbocycles. The van der Waals surface area contributed by atoms with Crippen molar-refractivity contribution in [3.63, 3.8) is 0 Å². The lowest BCUT2D eigenvalue weighted by atomic mass is 10.1. The van der Waals surface area contributed by atoms with Crippen molar-refractivity contribution in [3.8, 4) is 0 Å². The van der Waals surface area contributed by atoms with Crippen LogP contribution >= 0.6 is 23.5 Å². The zero-order valence-corrected chi connectivity index (χ0v) is 16.2. The predicted octanol–water partition coefficient (Wildman–Crippen LogP) is 6.31. The molecule has 136 valence electrons. The molecule has 0 aromatic heterocycles. The van der Waals surface area contributed by atoms with Gasteiger partial charge in [-0.15, -0.1) is 0 Å². The Hall–Kier alpha value is -2.24. The molecule has 1 unspecified atom stereocenters. The fourth-order valence-electron chi connectivity index (χ4n) is 2.97. The molecule has 5 heteroatoms. The molecule has 27 heavy (non-hydrogen) atoms. The maximum Gasteiger partial charge on any atom is 0.303 e. The molecule has 1 aliphatic heterocycles. The molecule has 0 saturated carbocycles. The summed E-state index contributed by atoms with van der Waals surface area (Å²) in [5, 5.41) is 2.25. The van der Waals surface area contributed by atoms with E-state index in [1.807, 2.05) is 72.8 Å². The number of hydrogen-bond donors (Lipinski definition) is 0. The van der Waals surface area contributed by atoms with Crippen LogP contribution in [0.4, 0.5) is 4.39 Å². The van der Waals surface area contributed by atoms with Gasteiger partial charge in [-0.05, 0) is 40.6 Å². The van der Waals surface area contributed by atoms with Gasteiger partial charge < -0.3 is 4.74 Å². The third kappa shape index (κ3) is 3.89. The molecule has 1 atom stereocenters. The minimum Gasteiger partial charge on any atom is -0.453 e. The monoisotopic (exact) mass is 396 g/mol. The van der Waals surface area contributed by atoms with Crippen LogP contribution in [0.15, 0.2) is 82.6 Å². The minimum atomic E-state index is -1.79. The van der Waals surface area contributed by atoms with E-state index in [-0.39, 0.29) is 0 Å². The summed E-state index contributed by atoms with van der Waals surface area (Å²) in [6, 6.07) is 21.6. The van der Waals surface area contributed by atoms with E-state index in [1.165, 1.54) is 6.92 Å². The van der Waals surface area contributed by atoms with Gasteiger partial charge in [0.05, 0.1) is 0 Å². The molecule has 4 rings (SSSR count). The van der Waals surface area contributed by atoms with Gasteiger partial charge in [0, 0.05) is 16.7 Å². The van der Waals surface area contributed by atoms with E-state index in [1.54, 1.807) is 6.08 Å². The molecule has 1 heterocycles. The molecule has 0 bridgehead atoms. The first kappa shape index (κ1) is 18.1. The van der Waals surface area contributed by atoms with Crippen LogP contribution in [0.5, 0.6) is 0 Å². The summed E-state index contributed by atoms with van der Waals surface area (Å²) in [5.74, 6) is -0.502. The standard InChI is InChI=1S/C22H17FO2S2/c1-15(24)25-21(22(23)26-19-8-4-5-9-20(19)27-22)13-11-16-10-12-17-6-2-3-7-18(17)14-16/h2-14,21H,1H3. The normalized spacial score (nSPS) is 16.4. The Bertz CT molecular complexity index is 1010. The maximum absolute atomic E-state index is 15.7. The van der Waals surface area contributed by atoms with E-state index in [9.17, 15) is 4.79 Å². The number of ether oxygens (including phenoxy) is 1. The Balaban J connectivity index is 1.62. The van der Waals surface area contributed by atoms with Crippen molar-refractivity contribution in [3.05, 3.63) is 78.4 Å². The first-order valence-corrected chi connectivity index (χ1v) is 10.2. The van der Waals surface area contributed by atoms with Gasteiger partial charge >= 0.3 is 5.97 Å². The van der Waals surface area contributed by atoms with Crippen LogP contribution in [0.2, 0.25) is 0 Å². The molecule has 0 spiro atoms. The summed E-state index contributed by atoms with van der Waals surface area (Å²) in [6.45, 7) is 1.30. The van der Waals surface area contributed by atoms with Crippen LogP contribution in [0, 0.1) is 0 Å². The number of hydrogen-bond acceptors (Lipinski definition) is 4. The van der Waals surface area contributed by atoms with Crippen molar-refractivity contribution in [2.45, 2.75) is 27.2 Å². The summed E-state index contributed by atoms with van der Waals surface area (Å²) in [7, 11) is 0. The molecule has 0 amide bonds. The van der Waals surface area contributed by atoms with Crippen molar-refractivity contribution >= 4 is 46.3 Å². The summed E-state index contributed by atoms with van der Waals surface area (Å²) >= 11 is 2.19. The van der Waals surface area contributed by atoms with Crippen molar-refractivity contribution in [2.75, 3.05) is 0 Å². The van der Waals surface area contributed by atoms with Crippen molar-refractivity contribution < 1.29 is 13.9 Å². The number of thioether (sulfide) groups is 2. The Morgan fingerprint density at radius 3 is 2.30 bits per heavy atom. The van der Waals surface area contributed by atoms with Gasteiger partial charge in [0.25, 0.3) is 4.33 Å². The highest BCUT2D eigenvalue weighted by atomic mass is 32.2. The van der Waals surface area contributed by atoms with Crippen molar-refractivity contribution in [1.29, 1.82) is 0 Å². The van der Waals surface area contributed by atoms with Crippen LogP contribution in [0.25, 0.3) is 16.8 Å². The number of benzene rings is 3. The van der Waals surface area contributed by atoms with Gasteiger partial charge in [-0.25, -0.2) is 4.39 Å². The molecular formula is C22H17FO2S2. The molecule has 3 aromatic carbocycles. The number of carbonyl (C=O) groups is 1. The third-order valence-electron chi connectivity index (χ3n) is 4.22. The molecule has 0 radical (unpaired) electrons. The molecular weight excluding hydrogens is 379 g/mol. The van der Waals surface area contributed by atoms with Gasteiger partial charge in [-0.3, -0.25) is 4.79 Å². The second-order valence-electron chi connectivity index (χ2n) is 6.23. The Morgan fingerprint density at radius 2 is 1.63 bits per heavy atom. The first-order chi connectivity index (χ1) is 13.0. The lowest BCUT2D eigenvalue weighted by molar-refractivity contribution is -0.145. The Kier molecular flexibility index (Phi) is 4.98. The van der Waals surface area contributed by atoms with E-state index in [2.05, 4.69) is 0 Å². The fourth-order valence-corrected chi connectivity index (χ4v) is 5.64. The second-order valence-corrected chi connectivity index (χ2v) is 8.96. The van der Waals surface area contributed by atoms with Crippen LogP contribution < -0.4 is 0 Å². The van der Waals surface area contributed by atoms with E-state index >= 15 is 4.39 Å². The number of fused-ring (bicyclic) bond motifs is 2. The summed E-state index contributed by atoms with van der Waals surface area (Å²) < 4.78 is 19.2. The van der Waals surface area contributed by atoms with Crippen LogP contribution in [0.3, 0.4) is 0 Å². The lowest BCUT2D eigenvalue weighted by Crippen LogP contribution is -2.32. The molecule has 0 N–H and O–H groups in total. The van der Waals surface area contributed by atoms with Crippen molar-refractivity contribution in [1.82, 2.24) is 0 Å². The highest BCUT2D eigenvalue weighted by Gasteiger charge is 2.47. The van der Waals surface area contributed by atoms with Gasteiger partial charge in [0.15, 0.2) is 6.10 Å². The molecule has 3 aromatic rings. The van der Waals surface area contributed by atoms with E-state index in [0.717, 1.165) is 49.7 Å². The van der Waals surface area contributed by atoms with Gasteiger partial charge in [-0.2, -0.15) is 0 Å². The van der Waals surface area contributed by atoms with Crippen LogP contribution in [-0.4, -0.2) is 16.4 Å². The topological polar surface area (TPSA) is 26.3 Å². The fraction of sp³-hybridized carbons (Fsp3) is 0.136. The van der Waals surface area contributed by atoms with E-state index in [4.69, 9.17) is 4.74 Å². The van der Waals surface area contributed by atoms with E-state index < -0.39 is 16.4 Å². The molecule has 0 saturated heterocycles. The molecule has 1 aliphatic rings. The average molecular weight is 397 g/mol. The zero-order valence-electron chi connectivity index (χ0n) is 14.6. The van der Waals surface area contributed by atoms with Crippen LogP contribution in [-0.2, 0) is 9.53 Å². The largest absolute Gasteiger partial charge is 0.453 e. The minimum absolute atomic E-state index is 0.502. The number of rotatable bonds is 4. The summed E-state index contributed by atoms with van der Waals surface area (Å²) in [5.41, 5.74) is 0.931. The van der Waals surface area contributed by atoms with Crippen molar-refractivity contribution in [2.24, 2.45) is 0 Å². The maximum atomic E-state index is 15.7. The Labute approximate surface area is 165 Å². The number of alkyl halides is 1. The quantitative estimate of drug-likeness (QED) is 0.483. The highest BCUT2D eigenvalue weighted by molar-refractivity contribution is 8.20. The van der Waals surface area contributed by atoms with Gasteiger partial charge in [-0.1, -0.05) is 78.1 Å². The summed E-state index contributed by atoms with van der Waals surface area (Å²) in [6.07, 6.45) is 2.45. The average Bonchev–Trinajstić information content (AvgIpc) is 3.02.